The van der Waals surface area contributed by atoms with Crippen molar-refractivity contribution >= 4 is 34.8 Å². The Balaban J connectivity index is 3.29. The van der Waals surface area contributed by atoms with Gasteiger partial charge in [0.2, 0.25) is 0 Å². The van der Waals surface area contributed by atoms with Crippen molar-refractivity contribution in [2.45, 2.75) is 6.02 Å². The minimum Gasteiger partial charge on any atom is -0.370 e. The molecule has 0 aromatic heterocycles. The highest BCUT2D eigenvalue weighted by Gasteiger charge is 2.20. The number of hydrogen-bond acceptors (Lipinski definition) is 2. The van der Waals surface area contributed by atoms with Crippen LogP contribution in [0.1, 0.15) is 2.74 Å². The number of hydrogen-bond donors (Lipinski definition) is 1. The topological polar surface area (TPSA) is 35.8 Å². The third-order valence-corrected chi connectivity index (χ3v) is 2.25. The number of nitriles is 1. The summed E-state index contributed by atoms with van der Waals surface area (Å²) >= 11 is 16.8. The fourth-order valence-electron chi connectivity index (χ4n) is 0.510. The van der Waals surface area contributed by atoms with E-state index in [4.69, 9.17) is 42.8 Å². The molecule has 2 nitrogen and oxygen atoms in total. The van der Waals surface area contributed by atoms with Crippen LogP contribution in [0.3, 0.4) is 0 Å². The number of dihydropyridines is 1. The van der Waals surface area contributed by atoms with Gasteiger partial charge in [-0.15, -0.1) is 0 Å². The molecule has 0 fully saturated rings. The zero-order chi connectivity index (χ0) is 10.2. The molecule has 1 rings (SSSR count). The van der Waals surface area contributed by atoms with Crippen LogP contribution in [0.4, 0.5) is 0 Å². The van der Waals surface area contributed by atoms with Crippen LogP contribution in [0, 0.1) is 11.3 Å². The summed E-state index contributed by atoms with van der Waals surface area (Å²) in [7, 11) is 0. The fourth-order valence-corrected chi connectivity index (χ4v) is 1.03. The number of nitrogens with zero attached hydrogens (tertiary/aromatic N) is 1. The molecule has 5 heteroatoms. The molecule has 1 heterocycles. The van der Waals surface area contributed by atoms with Crippen LogP contribution in [0.25, 0.3) is 0 Å². The quantitative estimate of drug-likeness (QED) is 0.667. The predicted molar refractivity (Wildman–Crippen MR) is 45.2 cm³/mol. The van der Waals surface area contributed by atoms with E-state index in [0.29, 0.717) is 0 Å². The van der Waals surface area contributed by atoms with Crippen molar-refractivity contribution in [2.24, 2.45) is 0 Å². The van der Waals surface area contributed by atoms with Crippen molar-refractivity contribution in [3.63, 3.8) is 0 Å². The van der Waals surface area contributed by atoms with E-state index in [2.05, 4.69) is 5.32 Å². The summed E-state index contributed by atoms with van der Waals surface area (Å²) in [5.41, 5.74) is 0. The van der Waals surface area contributed by atoms with Crippen molar-refractivity contribution < 1.29 is 2.74 Å². The molecule has 0 amide bonds. The molecule has 0 radical (unpaired) electrons. The van der Waals surface area contributed by atoms with Gasteiger partial charge < -0.3 is 5.32 Å². The maximum absolute atomic E-state index is 8.62. The molecule has 11 heavy (non-hydrogen) atoms. The van der Waals surface area contributed by atoms with Crippen molar-refractivity contribution in [3.8, 4) is 6.07 Å². The van der Waals surface area contributed by atoms with E-state index < -0.39 is 6.02 Å². The molecule has 0 spiro atoms. The van der Waals surface area contributed by atoms with Crippen molar-refractivity contribution in [1.29, 1.82) is 5.26 Å². The summed E-state index contributed by atoms with van der Waals surface area (Å²) < 4.78 is 14.7. The third kappa shape index (κ3) is 1.62. The summed E-state index contributed by atoms with van der Waals surface area (Å²) in [5.74, 6) is 0. The van der Waals surface area contributed by atoms with E-state index in [-0.39, 0.29) is 21.3 Å². The SMILES string of the molecule is [2H]C1=C(Cl)C(Cl)=C(Cl)C([2H])(C#N)N1. The highest BCUT2D eigenvalue weighted by molar-refractivity contribution is 6.48. The lowest BCUT2D eigenvalue weighted by Crippen LogP contribution is -2.26. The fraction of sp³-hybridized carbons (Fsp3) is 0.167. The van der Waals surface area contributed by atoms with Crippen LogP contribution in [-0.4, -0.2) is 6.02 Å². The predicted octanol–water partition coefficient (Wildman–Crippen LogP) is 2.25. The molecule has 0 aromatic rings. The van der Waals surface area contributed by atoms with Gasteiger partial charge in [0, 0.05) is 6.18 Å². The van der Waals surface area contributed by atoms with Gasteiger partial charge in [0.25, 0.3) is 0 Å². The summed E-state index contributed by atoms with van der Waals surface area (Å²) in [6.07, 6.45) is -0.285. The number of rotatable bonds is 0. The van der Waals surface area contributed by atoms with Gasteiger partial charge in [-0.05, 0) is 0 Å². The molecule has 0 aliphatic carbocycles. The number of nitrogens with one attached hydrogen (secondary N) is 1. The van der Waals surface area contributed by atoms with Crippen LogP contribution in [0.15, 0.2) is 21.3 Å². The molecular weight excluding hydrogens is 206 g/mol. The summed E-state index contributed by atoms with van der Waals surface area (Å²) in [6, 6.07) is -0.329. The normalized spacial score (nSPS) is 34.0. The molecule has 1 atom stereocenters. The average molecular weight is 211 g/mol. The van der Waals surface area contributed by atoms with Crippen molar-refractivity contribution in [2.75, 3.05) is 0 Å². The number of allylic oxidation sites excluding steroid dienone is 2. The van der Waals surface area contributed by atoms with Crippen LogP contribution < -0.4 is 5.32 Å². The smallest absolute Gasteiger partial charge is 0.151 e. The minimum atomic E-state index is -1.91. The Morgan fingerprint density at radius 2 is 2.36 bits per heavy atom. The van der Waals surface area contributed by atoms with Gasteiger partial charge in [-0.25, -0.2) is 0 Å². The van der Waals surface area contributed by atoms with Gasteiger partial charge in [0.1, 0.15) is 0 Å². The highest BCUT2D eigenvalue weighted by Crippen LogP contribution is 2.29. The Hall–Kier alpha value is -0.360. The maximum atomic E-state index is 8.62. The van der Waals surface area contributed by atoms with Crippen molar-refractivity contribution in [1.82, 2.24) is 5.32 Å². The zero-order valence-corrected chi connectivity index (χ0v) is 7.35. The van der Waals surface area contributed by atoms with Gasteiger partial charge in [-0.1, -0.05) is 34.8 Å². The standard InChI is InChI=1S/C6H3Cl3N2/c7-3-2-11-4(1-10)6(9)5(3)8/h2,4,11H/i2D,4D. The molecule has 1 aliphatic heterocycles. The molecule has 1 aliphatic rings. The van der Waals surface area contributed by atoms with Gasteiger partial charge in [-0.3, -0.25) is 0 Å². The lowest BCUT2D eigenvalue weighted by atomic mass is 10.2. The van der Waals surface area contributed by atoms with Crippen LogP contribution in [-0.2, 0) is 0 Å². The summed E-state index contributed by atoms with van der Waals surface area (Å²) in [6.45, 7) is 0. The Morgan fingerprint density at radius 1 is 1.73 bits per heavy atom. The summed E-state index contributed by atoms with van der Waals surface area (Å²) in [5, 5.41) is 10.4. The third-order valence-electron chi connectivity index (χ3n) is 1.01. The van der Waals surface area contributed by atoms with E-state index in [1.54, 1.807) is 6.07 Å². The second kappa shape index (κ2) is 3.36. The van der Waals surface area contributed by atoms with E-state index in [9.17, 15) is 0 Å². The highest BCUT2D eigenvalue weighted by atomic mass is 35.5. The van der Waals surface area contributed by atoms with E-state index in [1.807, 2.05) is 0 Å². The lowest BCUT2D eigenvalue weighted by molar-refractivity contribution is 0.821. The van der Waals surface area contributed by atoms with E-state index >= 15 is 0 Å². The molecular formula is C6H3Cl3N2. The molecule has 0 saturated carbocycles. The Bertz CT molecular complexity index is 357. The van der Waals surface area contributed by atoms with Gasteiger partial charge in [0.15, 0.2) is 6.02 Å². The molecule has 1 N–H and O–H groups in total. The average Bonchev–Trinajstić information content (AvgIpc) is 2.12. The van der Waals surface area contributed by atoms with E-state index in [1.165, 1.54) is 0 Å². The maximum Gasteiger partial charge on any atom is 0.151 e. The zero-order valence-electron chi connectivity index (χ0n) is 7.08. The number of halogens is 3. The minimum absolute atomic E-state index is 0.0928. The lowest BCUT2D eigenvalue weighted by Gasteiger charge is -2.15. The largest absolute Gasteiger partial charge is 0.370 e. The first-order chi connectivity index (χ1) is 5.92. The monoisotopic (exact) mass is 210 g/mol. The Morgan fingerprint density at radius 3 is 2.91 bits per heavy atom. The molecule has 1 unspecified atom stereocenters. The first-order valence-electron chi connectivity index (χ1n) is 3.54. The second-order valence-corrected chi connectivity index (χ2v) is 2.81. The summed E-state index contributed by atoms with van der Waals surface area (Å²) in [4.78, 5) is 0. The van der Waals surface area contributed by atoms with E-state index in [0.717, 1.165) is 0 Å². The van der Waals surface area contributed by atoms with Crippen LogP contribution in [0.2, 0.25) is 0 Å². The molecule has 0 saturated heterocycles. The van der Waals surface area contributed by atoms with Gasteiger partial charge in [0.05, 0.1) is 23.9 Å². The molecule has 0 bridgehead atoms. The van der Waals surface area contributed by atoms with Crippen LogP contribution >= 0.6 is 34.8 Å². The Kier molecular flexibility index (Phi) is 1.89. The molecule has 0 aromatic carbocycles. The first-order valence-corrected chi connectivity index (χ1v) is 3.67. The van der Waals surface area contributed by atoms with Gasteiger partial charge in [-0.2, -0.15) is 5.26 Å². The first kappa shape index (κ1) is 6.19. The molecule has 58 valence electrons. The Labute approximate surface area is 81.8 Å². The second-order valence-electron chi connectivity index (χ2n) is 1.68. The van der Waals surface area contributed by atoms with Crippen molar-refractivity contribution in [3.05, 3.63) is 21.3 Å². The van der Waals surface area contributed by atoms with Crippen LogP contribution in [0.5, 0.6) is 0 Å². The van der Waals surface area contributed by atoms with Gasteiger partial charge >= 0.3 is 0 Å².